The molecule has 4 nitrogen and oxygen atoms in total. The van der Waals surface area contributed by atoms with Gasteiger partial charge in [0.1, 0.15) is 0 Å². The first-order chi connectivity index (χ1) is 8.98. The molecule has 0 amide bonds. The molecule has 0 radical (unpaired) electrons. The van der Waals surface area contributed by atoms with Crippen molar-refractivity contribution in [3.63, 3.8) is 0 Å². The summed E-state index contributed by atoms with van der Waals surface area (Å²) >= 11 is 0. The van der Waals surface area contributed by atoms with E-state index in [1.165, 1.54) is 11.3 Å². The quantitative estimate of drug-likeness (QED) is 0.897. The molecule has 0 atom stereocenters. The fourth-order valence-corrected chi connectivity index (χ4v) is 1.98. The summed E-state index contributed by atoms with van der Waals surface area (Å²) in [5.74, 6) is 0. The third-order valence-corrected chi connectivity index (χ3v) is 3.09. The molecular weight excluding hydrogens is 236 g/mol. The van der Waals surface area contributed by atoms with E-state index in [9.17, 15) is 0 Å². The van der Waals surface area contributed by atoms with Crippen molar-refractivity contribution < 1.29 is 0 Å². The van der Waals surface area contributed by atoms with E-state index in [1.54, 1.807) is 0 Å². The van der Waals surface area contributed by atoms with Crippen molar-refractivity contribution in [1.82, 2.24) is 19.7 Å². The molecule has 2 aromatic rings. The molecule has 2 aromatic heterocycles. The molecule has 0 aromatic carbocycles. The lowest BCUT2D eigenvalue weighted by atomic mass is 10.1. The number of aromatic nitrogens is 3. The van der Waals surface area contributed by atoms with Gasteiger partial charge >= 0.3 is 0 Å². The Balaban J connectivity index is 2.03. The van der Waals surface area contributed by atoms with E-state index in [2.05, 4.69) is 67.2 Å². The molecule has 0 aliphatic rings. The molecule has 0 aliphatic heterocycles. The van der Waals surface area contributed by atoms with E-state index in [-0.39, 0.29) is 5.54 Å². The van der Waals surface area contributed by atoms with Crippen molar-refractivity contribution in [2.45, 2.75) is 52.9 Å². The van der Waals surface area contributed by atoms with Gasteiger partial charge in [0.05, 0.1) is 12.7 Å². The predicted molar refractivity (Wildman–Crippen MR) is 78.0 cm³/mol. The highest BCUT2D eigenvalue weighted by Crippen LogP contribution is 2.09. The maximum absolute atomic E-state index is 4.32. The fourth-order valence-electron chi connectivity index (χ4n) is 1.98. The summed E-state index contributed by atoms with van der Waals surface area (Å²) in [4.78, 5) is 0. The van der Waals surface area contributed by atoms with Crippen molar-refractivity contribution in [2.75, 3.05) is 0 Å². The Bertz CT molecular complexity index is 516. The average molecular weight is 260 g/mol. The summed E-state index contributed by atoms with van der Waals surface area (Å²) in [5.41, 5.74) is 2.69. The van der Waals surface area contributed by atoms with Crippen molar-refractivity contribution in [3.05, 3.63) is 42.0 Å². The molecule has 0 saturated carbocycles. The SMILES string of the molecule is CCn1cc(Cn2cccc2CNC(C)(C)C)cn1. The zero-order chi connectivity index (χ0) is 13.9. The Kier molecular flexibility index (Phi) is 4.10. The van der Waals surface area contributed by atoms with E-state index >= 15 is 0 Å². The molecule has 1 N–H and O–H groups in total. The first-order valence-electron chi connectivity index (χ1n) is 6.88. The third kappa shape index (κ3) is 3.96. The van der Waals surface area contributed by atoms with Gasteiger partial charge in [-0.05, 0) is 39.8 Å². The van der Waals surface area contributed by atoms with Crippen molar-refractivity contribution in [3.8, 4) is 0 Å². The van der Waals surface area contributed by atoms with Crippen LogP contribution in [0.15, 0.2) is 30.7 Å². The lowest BCUT2D eigenvalue weighted by Gasteiger charge is -2.21. The second-order valence-electron chi connectivity index (χ2n) is 5.94. The van der Waals surface area contributed by atoms with Crippen LogP contribution in [0.3, 0.4) is 0 Å². The summed E-state index contributed by atoms with van der Waals surface area (Å²) in [6, 6.07) is 4.27. The molecular formula is C15H24N4. The first kappa shape index (κ1) is 13.9. The Labute approximate surface area is 115 Å². The largest absolute Gasteiger partial charge is 0.346 e. The van der Waals surface area contributed by atoms with Crippen LogP contribution >= 0.6 is 0 Å². The van der Waals surface area contributed by atoms with Crippen LogP contribution in [0.2, 0.25) is 0 Å². The normalized spacial score (nSPS) is 12.0. The highest BCUT2D eigenvalue weighted by Gasteiger charge is 2.10. The van der Waals surface area contributed by atoms with Gasteiger partial charge in [-0.25, -0.2) is 0 Å². The molecule has 0 aliphatic carbocycles. The van der Waals surface area contributed by atoms with Gasteiger partial charge in [0.2, 0.25) is 0 Å². The van der Waals surface area contributed by atoms with E-state index in [0.717, 1.165) is 19.6 Å². The van der Waals surface area contributed by atoms with Crippen LogP contribution in [0, 0.1) is 0 Å². The molecule has 2 heterocycles. The van der Waals surface area contributed by atoms with Crippen LogP contribution in [0.1, 0.15) is 39.0 Å². The van der Waals surface area contributed by atoms with Crippen LogP contribution in [-0.4, -0.2) is 19.9 Å². The monoisotopic (exact) mass is 260 g/mol. The zero-order valence-corrected chi connectivity index (χ0v) is 12.3. The number of aryl methyl sites for hydroxylation is 1. The van der Waals surface area contributed by atoms with Crippen LogP contribution in [0.5, 0.6) is 0 Å². The average Bonchev–Trinajstić information content (AvgIpc) is 2.95. The maximum Gasteiger partial charge on any atom is 0.0539 e. The molecule has 0 saturated heterocycles. The summed E-state index contributed by atoms with van der Waals surface area (Å²) in [7, 11) is 0. The number of nitrogens with zero attached hydrogens (tertiary/aromatic N) is 3. The van der Waals surface area contributed by atoms with Crippen LogP contribution < -0.4 is 5.32 Å². The molecule has 0 spiro atoms. The highest BCUT2D eigenvalue weighted by atomic mass is 15.3. The highest BCUT2D eigenvalue weighted by molar-refractivity contribution is 5.12. The Morgan fingerprint density at radius 1 is 1.32 bits per heavy atom. The lowest BCUT2D eigenvalue weighted by Crippen LogP contribution is -2.35. The lowest BCUT2D eigenvalue weighted by molar-refractivity contribution is 0.417. The molecule has 0 unspecified atom stereocenters. The van der Waals surface area contributed by atoms with Crippen molar-refractivity contribution >= 4 is 0 Å². The number of nitrogens with one attached hydrogen (secondary N) is 1. The van der Waals surface area contributed by atoms with Gasteiger partial charge in [0.15, 0.2) is 0 Å². The Morgan fingerprint density at radius 3 is 2.74 bits per heavy atom. The van der Waals surface area contributed by atoms with Crippen molar-refractivity contribution in [2.24, 2.45) is 0 Å². The van der Waals surface area contributed by atoms with Crippen molar-refractivity contribution in [1.29, 1.82) is 0 Å². The molecule has 2 rings (SSSR count). The van der Waals surface area contributed by atoms with Gasteiger partial charge in [-0.1, -0.05) is 0 Å². The molecule has 19 heavy (non-hydrogen) atoms. The third-order valence-electron chi connectivity index (χ3n) is 3.09. The fraction of sp³-hybridized carbons (Fsp3) is 0.533. The summed E-state index contributed by atoms with van der Waals surface area (Å²) in [5, 5.41) is 7.84. The van der Waals surface area contributed by atoms with Gasteiger partial charge in [0, 0.05) is 42.3 Å². The minimum atomic E-state index is 0.141. The van der Waals surface area contributed by atoms with Crippen LogP contribution in [0.4, 0.5) is 0 Å². The first-order valence-corrected chi connectivity index (χ1v) is 6.88. The number of hydrogen-bond acceptors (Lipinski definition) is 2. The van der Waals surface area contributed by atoms with Gasteiger partial charge in [0.25, 0.3) is 0 Å². The number of hydrogen-bond donors (Lipinski definition) is 1. The van der Waals surface area contributed by atoms with E-state index in [1.807, 2.05) is 10.9 Å². The van der Waals surface area contributed by atoms with Gasteiger partial charge in [-0.2, -0.15) is 5.10 Å². The zero-order valence-electron chi connectivity index (χ0n) is 12.3. The molecule has 104 valence electrons. The van der Waals surface area contributed by atoms with Gasteiger partial charge in [-0.3, -0.25) is 4.68 Å². The predicted octanol–water partition coefficient (Wildman–Crippen LogP) is 2.64. The second kappa shape index (κ2) is 5.61. The smallest absolute Gasteiger partial charge is 0.0539 e. The van der Waals surface area contributed by atoms with Crippen LogP contribution in [-0.2, 0) is 19.6 Å². The van der Waals surface area contributed by atoms with Gasteiger partial charge in [-0.15, -0.1) is 0 Å². The summed E-state index contributed by atoms with van der Waals surface area (Å²) in [6.07, 6.45) is 6.19. The van der Waals surface area contributed by atoms with E-state index in [0.29, 0.717) is 0 Å². The Morgan fingerprint density at radius 2 is 2.11 bits per heavy atom. The topological polar surface area (TPSA) is 34.8 Å². The second-order valence-corrected chi connectivity index (χ2v) is 5.94. The molecule has 4 heteroatoms. The molecule has 0 bridgehead atoms. The Hall–Kier alpha value is -1.55. The van der Waals surface area contributed by atoms with Crippen LogP contribution in [0.25, 0.3) is 0 Å². The summed E-state index contributed by atoms with van der Waals surface area (Å²) < 4.78 is 4.24. The maximum atomic E-state index is 4.32. The minimum Gasteiger partial charge on any atom is -0.346 e. The van der Waals surface area contributed by atoms with Gasteiger partial charge < -0.3 is 9.88 Å². The molecule has 0 fully saturated rings. The standard InChI is InChI=1S/C15H24N4/c1-5-19-12-13(9-17-19)11-18-8-6-7-14(18)10-16-15(2,3)4/h6-9,12,16H,5,10-11H2,1-4H3. The number of rotatable bonds is 5. The minimum absolute atomic E-state index is 0.141. The van der Waals surface area contributed by atoms with E-state index in [4.69, 9.17) is 0 Å². The van der Waals surface area contributed by atoms with E-state index < -0.39 is 0 Å². The summed E-state index contributed by atoms with van der Waals surface area (Å²) in [6.45, 7) is 11.4.